The fraction of sp³-hybridized carbons (Fsp3) is 1.00. The van der Waals surface area contributed by atoms with E-state index in [0.717, 1.165) is 6.54 Å². The first kappa shape index (κ1) is 7.59. The van der Waals surface area contributed by atoms with E-state index >= 15 is 0 Å². The lowest BCUT2D eigenvalue weighted by atomic mass is 9.87. The molecule has 0 saturated carbocycles. The van der Waals surface area contributed by atoms with Crippen LogP contribution in [-0.4, -0.2) is 49.3 Å². The lowest BCUT2D eigenvalue weighted by molar-refractivity contribution is -0.798. The lowest BCUT2D eigenvalue weighted by Crippen LogP contribution is -2.53. The smallest absolute Gasteiger partial charge is 0.169 e. The van der Waals surface area contributed by atoms with Gasteiger partial charge in [-0.05, 0) is 0 Å². The molecule has 4 heteroatoms. The Kier molecular flexibility index (Phi) is 1.38. The van der Waals surface area contributed by atoms with E-state index in [1.54, 1.807) is 0 Å². The molecule has 2 bridgehead atoms. The van der Waals surface area contributed by atoms with Gasteiger partial charge < -0.3 is 15.2 Å². The molecule has 0 aromatic rings. The molecule has 2 aliphatic rings. The number of rotatable bonds is 1. The van der Waals surface area contributed by atoms with Gasteiger partial charge in [-0.15, -0.1) is 0 Å². The molecule has 0 aliphatic carbocycles. The number of piperidine rings is 1. The number of fused-ring (bicyclic) bond motifs is 2. The summed E-state index contributed by atoms with van der Waals surface area (Å²) in [4.78, 5) is 0. The van der Waals surface area contributed by atoms with E-state index in [9.17, 15) is 5.11 Å². The fourth-order valence-corrected chi connectivity index (χ4v) is 2.16. The first-order valence-electron chi connectivity index (χ1n) is 3.89. The van der Waals surface area contributed by atoms with Gasteiger partial charge in [-0.2, -0.15) is 0 Å². The second-order valence-corrected chi connectivity index (χ2v) is 3.53. The van der Waals surface area contributed by atoms with Crippen LogP contribution in [0, 0.1) is 5.92 Å². The fourth-order valence-electron chi connectivity index (χ4n) is 2.16. The molecule has 2 fully saturated rings. The van der Waals surface area contributed by atoms with Gasteiger partial charge in [-0.1, -0.05) is 0 Å². The van der Waals surface area contributed by atoms with Gasteiger partial charge in [0.1, 0.15) is 5.60 Å². The molecule has 3 N–H and O–H groups in total. The van der Waals surface area contributed by atoms with Crippen molar-refractivity contribution < 1.29 is 9.50 Å². The van der Waals surface area contributed by atoms with Crippen molar-refractivity contribution in [2.24, 2.45) is 11.7 Å². The average molecular weight is 156 g/mol. The summed E-state index contributed by atoms with van der Waals surface area (Å²) in [6.07, 6.45) is 1.22. The van der Waals surface area contributed by atoms with Crippen molar-refractivity contribution in [3.8, 4) is 0 Å². The third-order valence-electron chi connectivity index (χ3n) is 2.88. The van der Waals surface area contributed by atoms with Gasteiger partial charge in [0.15, 0.2) is 7.98 Å². The van der Waals surface area contributed by atoms with E-state index in [2.05, 4.69) is 0 Å². The largest absolute Gasteiger partial charge is 0.520 e. The molecular weight excluding hydrogens is 139 g/mol. The Balaban J connectivity index is 2.21. The summed E-state index contributed by atoms with van der Waals surface area (Å²) in [5.41, 5.74) is 5.11. The van der Waals surface area contributed by atoms with Crippen LogP contribution in [-0.2, 0) is 0 Å². The van der Waals surface area contributed by atoms with Crippen molar-refractivity contribution in [3.63, 3.8) is 0 Å². The van der Waals surface area contributed by atoms with Crippen LogP contribution in [0.3, 0.4) is 0 Å². The van der Waals surface area contributed by atoms with Crippen LogP contribution in [0.25, 0.3) is 0 Å². The maximum atomic E-state index is 10.1. The van der Waals surface area contributed by atoms with Gasteiger partial charge in [-0.25, -0.2) is 0 Å². The highest BCUT2D eigenvalue weighted by Crippen LogP contribution is 2.39. The van der Waals surface area contributed by atoms with Crippen molar-refractivity contribution in [1.29, 1.82) is 0 Å². The third-order valence-corrected chi connectivity index (χ3v) is 2.88. The van der Waals surface area contributed by atoms with E-state index in [4.69, 9.17) is 5.73 Å². The van der Waals surface area contributed by atoms with Crippen molar-refractivity contribution in [2.45, 2.75) is 12.0 Å². The Hall–Kier alpha value is -0.0551. The first-order valence-corrected chi connectivity index (χ1v) is 3.89. The van der Waals surface area contributed by atoms with E-state index < -0.39 is 5.60 Å². The third kappa shape index (κ3) is 0.933. The molecule has 3 atom stereocenters. The van der Waals surface area contributed by atoms with Crippen LogP contribution in [0.2, 0.25) is 0 Å². The highest BCUT2D eigenvalue weighted by atomic mass is 16.3. The van der Waals surface area contributed by atoms with Crippen molar-refractivity contribution in [1.82, 2.24) is 0 Å². The first-order chi connectivity index (χ1) is 5.08. The molecule has 0 radical (unpaired) electrons. The quantitative estimate of drug-likeness (QED) is 0.423. The van der Waals surface area contributed by atoms with Gasteiger partial charge in [0.05, 0.1) is 6.54 Å². The van der Waals surface area contributed by atoms with Crippen LogP contribution < -0.4 is 5.73 Å². The molecule has 2 heterocycles. The Bertz CT molecular complexity index is 189. The minimum atomic E-state index is -0.472. The summed E-state index contributed by atoms with van der Waals surface area (Å²) in [5.74, 6) is 0.532. The van der Waals surface area contributed by atoms with E-state index in [1.807, 2.05) is 0 Å². The number of nitrogens with zero attached hydrogens (tertiary/aromatic N) is 1. The molecule has 0 amide bonds. The predicted molar refractivity (Wildman–Crippen MR) is 46.9 cm³/mol. The number of quaternary nitrogens is 1. The number of nitrogens with two attached hydrogens (primary N) is 1. The molecule has 0 aromatic heterocycles. The number of hydrogen-bond donors (Lipinski definition) is 2. The molecule has 2 aliphatic heterocycles. The highest BCUT2D eigenvalue weighted by molar-refractivity contribution is 5.97. The summed E-state index contributed by atoms with van der Waals surface area (Å²) in [7, 11) is 0.337. The minimum Gasteiger partial charge on any atom is -0.520 e. The van der Waals surface area contributed by atoms with Gasteiger partial charge in [0.25, 0.3) is 0 Å². The maximum Gasteiger partial charge on any atom is 0.169 e. The molecule has 2 saturated heterocycles. The van der Waals surface area contributed by atoms with Crippen molar-refractivity contribution in [3.05, 3.63) is 0 Å². The van der Waals surface area contributed by atoms with Crippen LogP contribution in [0.5, 0.6) is 0 Å². The normalized spacial score (nSPS) is 55.4. The summed E-state index contributed by atoms with van der Waals surface area (Å²) >= 11 is 0. The Labute approximate surface area is 68.2 Å². The summed E-state index contributed by atoms with van der Waals surface area (Å²) in [6.45, 7) is 4.04. The molecule has 0 spiro atoms. The summed E-state index contributed by atoms with van der Waals surface area (Å²) < 4.78 is 1.29. The SMILES string of the molecule is [BH3-][N+]12CCC(C1)C(O)(CN)C2. The van der Waals surface area contributed by atoms with Gasteiger partial charge >= 0.3 is 0 Å². The zero-order valence-electron chi connectivity index (χ0n) is 6.08. The molecule has 0 aromatic carbocycles. The van der Waals surface area contributed by atoms with Crippen LogP contribution in [0.4, 0.5) is 0 Å². The highest BCUT2D eigenvalue weighted by Gasteiger charge is 2.53. The summed E-state index contributed by atoms with van der Waals surface area (Å²) in [5, 5.41) is 10.1. The lowest BCUT2D eigenvalue weighted by Gasteiger charge is -2.40. The predicted octanol–water partition coefficient (Wildman–Crippen LogP) is -2.19. The van der Waals surface area contributed by atoms with Crippen LogP contribution in [0.15, 0.2) is 0 Å². The van der Waals surface area contributed by atoms with Crippen LogP contribution >= 0.6 is 0 Å². The average Bonchev–Trinajstić information content (AvgIpc) is 2.41. The molecule has 64 valence electrons. The molecular formula is C7H17BN2O. The zero-order chi connectivity index (χ0) is 8.11. The second kappa shape index (κ2) is 2.00. The van der Waals surface area contributed by atoms with Crippen molar-refractivity contribution >= 4 is 7.98 Å². The molecule has 2 rings (SSSR count). The van der Waals surface area contributed by atoms with E-state index in [-0.39, 0.29) is 0 Å². The zero-order valence-corrected chi connectivity index (χ0v) is 6.08. The second-order valence-electron chi connectivity index (χ2n) is 3.53. The van der Waals surface area contributed by atoms with E-state index in [1.165, 1.54) is 23.9 Å². The van der Waals surface area contributed by atoms with Gasteiger partial charge in [-0.3, -0.25) is 0 Å². The standard InChI is InChI=1S/C7H17BN2O/c8-10-2-1-6(3-10)7(11,4-9)5-10/h6,11H,1-5,9H2,8H3. The van der Waals surface area contributed by atoms with E-state index in [0.29, 0.717) is 20.4 Å². The molecule has 3 unspecified atom stereocenters. The Morgan fingerprint density at radius 2 is 2.45 bits per heavy atom. The topological polar surface area (TPSA) is 46.2 Å². The minimum absolute atomic E-state index is 0.337. The Morgan fingerprint density at radius 3 is 2.73 bits per heavy atom. The van der Waals surface area contributed by atoms with Crippen LogP contribution in [0.1, 0.15) is 6.42 Å². The molecule has 3 nitrogen and oxygen atoms in total. The monoisotopic (exact) mass is 156 g/mol. The van der Waals surface area contributed by atoms with Crippen molar-refractivity contribution in [2.75, 3.05) is 26.2 Å². The summed E-state index contributed by atoms with van der Waals surface area (Å²) in [6, 6.07) is 0. The number of hydrogen-bond acceptors (Lipinski definition) is 2. The van der Waals surface area contributed by atoms with Gasteiger partial charge in [0.2, 0.25) is 0 Å². The number of aliphatic hydroxyl groups is 1. The maximum absolute atomic E-state index is 10.1. The van der Waals surface area contributed by atoms with Gasteiger partial charge in [0, 0.05) is 32.0 Å². The molecule has 11 heavy (non-hydrogen) atoms. The Morgan fingerprint density at radius 1 is 1.73 bits per heavy atom.